The average molecular weight is 316 g/mol. The number of hydrogen-bond donors (Lipinski definition) is 2. The Hall–Kier alpha value is -2.01. The maximum Gasteiger partial charge on any atom is 0.227 e. The average Bonchev–Trinajstić information content (AvgIpc) is 2.91. The number of benzene rings is 1. The summed E-state index contributed by atoms with van der Waals surface area (Å²) in [6, 6.07) is 5.96. The molecule has 1 aliphatic rings. The van der Waals surface area contributed by atoms with Gasteiger partial charge in [-0.25, -0.2) is 0 Å². The summed E-state index contributed by atoms with van der Waals surface area (Å²) in [6.45, 7) is 5.18. The summed E-state index contributed by atoms with van der Waals surface area (Å²) in [5, 5.41) is 10.7. The van der Waals surface area contributed by atoms with Crippen LogP contribution in [-0.2, 0) is 11.2 Å². The number of nitrogens with one attached hydrogen (secondary N) is 1. The minimum Gasteiger partial charge on any atom is -0.493 e. The zero-order valence-corrected chi connectivity index (χ0v) is 13.7. The summed E-state index contributed by atoms with van der Waals surface area (Å²) >= 11 is 0. The van der Waals surface area contributed by atoms with E-state index in [0.29, 0.717) is 32.4 Å². The quantitative estimate of drug-likeness (QED) is 0.911. The zero-order chi connectivity index (χ0) is 16.4. The number of nitrogens with zero attached hydrogens (tertiary/aromatic N) is 1. The molecule has 2 atom stereocenters. The highest BCUT2D eigenvalue weighted by molar-refractivity contribution is 5.93. The molecular formula is C18H24N2O3. The monoisotopic (exact) mass is 316 g/mol. The zero-order valence-electron chi connectivity index (χ0n) is 13.7. The van der Waals surface area contributed by atoms with Crippen molar-refractivity contribution in [2.24, 2.45) is 0 Å². The summed E-state index contributed by atoms with van der Waals surface area (Å²) in [6.07, 6.45) is 3.28. The summed E-state index contributed by atoms with van der Waals surface area (Å²) in [7, 11) is 0. The van der Waals surface area contributed by atoms with E-state index in [1.165, 1.54) is 0 Å². The van der Waals surface area contributed by atoms with E-state index in [1.54, 1.807) is 0 Å². The minimum absolute atomic E-state index is 0.0859. The number of ether oxygens (including phenoxy) is 1. The first-order chi connectivity index (χ1) is 11.1. The Balaban J connectivity index is 1.82. The molecule has 0 spiro atoms. The Morgan fingerprint density at radius 2 is 2.30 bits per heavy atom. The van der Waals surface area contributed by atoms with Gasteiger partial charge < -0.3 is 19.7 Å². The number of amides is 1. The summed E-state index contributed by atoms with van der Waals surface area (Å²) in [5.41, 5.74) is 1.95. The van der Waals surface area contributed by atoms with Gasteiger partial charge in [-0.05, 0) is 44.4 Å². The molecule has 0 aliphatic carbocycles. The van der Waals surface area contributed by atoms with E-state index in [2.05, 4.69) is 4.98 Å². The number of likely N-dealkylation sites (tertiary alicyclic amines) is 1. The molecule has 1 saturated heterocycles. The van der Waals surface area contributed by atoms with Crippen molar-refractivity contribution < 1.29 is 14.6 Å². The van der Waals surface area contributed by atoms with Crippen LogP contribution in [0.25, 0.3) is 10.9 Å². The van der Waals surface area contributed by atoms with Gasteiger partial charge in [0, 0.05) is 29.7 Å². The molecule has 0 saturated carbocycles. The second-order valence-electron chi connectivity index (χ2n) is 6.22. The molecule has 124 valence electrons. The molecule has 23 heavy (non-hydrogen) atoms. The Morgan fingerprint density at radius 1 is 1.48 bits per heavy atom. The normalized spacial score (nSPS) is 21.6. The summed E-state index contributed by atoms with van der Waals surface area (Å²) in [4.78, 5) is 17.8. The lowest BCUT2D eigenvalue weighted by Gasteiger charge is -2.36. The van der Waals surface area contributed by atoms with Crippen molar-refractivity contribution in [3.63, 3.8) is 0 Å². The van der Waals surface area contributed by atoms with Crippen LogP contribution in [0.3, 0.4) is 0 Å². The third-order valence-electron chi connectivity index (χ3n) is 4.56. The standard InChI is InChI=1S/C18H24N2O3/c1-3-23-16-6-4-5-15-18(16)13(11-19-15)10-17(22)20-8-7-14(21)9-12(20)2/h4-6,11-12,14,19,21H,3,7-10H2,1-2H3/t12-,14-/m0/s1. The van der Waals surface area contributed by atoms with Gasteiger partial charge in [0.2, 0.25) is 5.91 Å². The Morgan fingerprint density at radius 3 is 3.04 bits per heavy atom. The lowest BCUT2D eigenvalue weighted by Crippen LogP contribution is -2.46. The SMILES string of the molecule is CCOc1cccc2[nH]cc(CC(=O)N3CC[C@H](O)C[C@@H]3C)c12. The number of H-pyrrole nitrogens is 1. The molecular weight excluding hydrogens is 292 g/mol. The maximum atomic E-state index is 12.7. The van der Waals surface area contributed by atoms with Gasteiger partial charge in [0.15, 0.2) is 0 Å². The number of piperidine rings is 1. The first-order valence-electron chi connectivity index (χ1n) is 8.29. The number of rotatable bonds is 4. The maximum absolute atomic E-state index is 12.7. The van der Waals surface area contributed by atoms with Gasteiger partial charge in [0.25, 0.3) is 0 Å². The van der Waals surface area contributed by atoms with Gasteiger partial charge in [-0.2, -0.15) is 0 Å². The molecule has 1 aromatic carbocycles. The van der Waals surface area contributed by atoms with E-state index in [4.69, 9.17) is 4.74 Å². The van der Waals surface area contributed by atoms with E-state index in [0.717, 1.165) is 22.2 Å². The van der Waals surface area contributed by atoms with Crippen molar-refractivity contribution in [2.45, 2.75) is 45.3 Å². The van der Waals surface area contributed by atoms with Crippen molar-refractivity contribution in [1.82, 2.24) is 9.88 Å². The number of hydrogen-bond acceptors (Lipinski definition) is 3. The van der Waals surface area contributed by atoms with Crippen LogP contribution in [0, 0.1) is 0 Å². The molecule has 1 fully saturated rings. The molecule has 5 nitrogen and oxygen atoms in total. The number of aliphatic hydroxyl groups excluding tert-OH is 1. The highest BCUT2D eigenvalue weighted by Crippen LogP contribution is 2.30. The number of aromatic amines is 1. The lowest BCUT2D eigenvalue weighted by molar-refractivity contribution is -0.135. The van der Waals surface area contributed by atoms with Gasteiger partial charge in [-0.15, -0.1) is 0 Å². The molecule has 1 amide bonds. The largest absolute Gasteiger partial charge is 0.493 e. The van der Waals surface area contributed by atoms with Crippen molar-refractivity contribution in [3.8, 4) is 5.75 Å². The van der Waals surface area contributed by atoms with E-state index < -0.39 is 0 Å². The Bertz CT molecular complexity index is 695. The molecule has 0 unspecified atom stereocenters. The topological polar surface area (TPSA) is 65.6 Å². The number of carbonyl (C=O) groups excluding carboxylic acids is 1. The molecule has 2 heterocycles. The minimum atomic E-state index is -0.285. The fourth-order valence-electron chi connectivity index (χ4n) is 3.42. The van der Waals surface area contributed by atoms with Crippen molar-refractivity contribution in [2.75, 3.05) is 13.2 Å². The molecule has 3 rings (SSSR count). The lowest BCUT2D eigenvalue weighted by atomic mass is 9.99. The third kappa shape index (κ3) is 3.20. The van der Waals surface area contributed by atoms with Gasteiger partial charge in [0.05, 0.1) is 19.1 Å². The van der Waals surface area contributed by atoms with E-state index in [-0.39, 0.29) is 18.1 Å². The van der Waals surface area contributed by atoms with Crippen molar-refractivity contribution in [1.29, 1.82) is 0 Å². The second-order valence-corrected chi connectivity index (χ2v) is 6.22. The predicted molar refractivity (Wildman–Crippen MR) is 89.6 cm³/mol. The fraction of sp³-hybridized carbons (Fsp3) is 0.500. The number of fused-ring (bicyclic) bond motifs is 1. The molecule has 2 N–H and O–H groups in total. The first-order valence-corrected chi connectivity index (χ1v) is 8.29. The van der Waals surface area contributed by atoms with Crippen LogP contribution in [0.15, 0.2) is 24.4 Å². The molecule has 0 radical (unpaired) electrons. The van der Waals surface area contributed by atoms with Crippen LogP contribution < -0.4 is 4.74 Å². The molecule has 1 aliphatic heterocycles. The van der Waals surface area contributed by atoms with Crippen LogP contribution in [0.1, 0.15) is 32.3 Å². The Kier molecular flexibility index (Phi) is 4.57. The number of carbonyl (C=O) groups is 1. The molecule has 5 heteroatoms. The van der Waals surface area contributed by atoms with Crippen LogP contribution >= 0.6 is 0 Å². The van der Waals surface area contributed by atoms with Crippen molar-refractivity contribution >= 4 is 16.8 Å². The molecule has 2 aromatic rings. The van der Waals surface area contributed by atoms with E-state index >= 15 is 0 Å². The van der Waals surface area contributed by atoms with Crippen LogP contribution in [-0.4, -0.2) is 46.2 Å². The predicted octanol–water partition coefficient (Wildman–Crippen LogP) is 2.48. The highest BCUT2D eigenvalue weighted by Gasteiger charge is 2.28. The Labute approximate surface area is 136 Å². The first kappa shape index (κ1) is 15.9. The molecule has 1 aromatic heterocycles. The number of aliphatic hydroxyl groups is 1. The fourth-order valence-corrected chi connectivity index (χ4v) is 3.42. The summed E-state index contributed by atoms with van der Waals surface area (Å²) < 4.78 is 5.70. The third-order valence-corrected chi connectivity index (χ3v) is 4.56. The van der Waals surface area contributed by atoms with E-state index in [9.17, 15) is 9.90 Å². The van der Waals surface area contributed by atoms with Gasteiger partial charge in [-0.1, -0.05) is 6.07 Å². The number of aromatic nitrogens is 1. The van der Waals surface area contributed by atoms with Crippen molar-refractivity contribution in [3.05, 3.63) is 30.0 Å². The molecule has 0 bridgehead atoms. The van der Waals surface area contributed by atoms with Crippen LogP contribution in [0.5, 0.6) is 5.75 Å². The highest BCUT2D eigenvalue weighted by atomic mass is 16.5. The smallest absolute Gasteiger partial charge is 0.227 e. The summed E-state index contributed by atoms with van der Waals surface area (Å²) in [5.74, 6) is 0.924. The van der Waals surface area contributed by atoms with Gasteiger partial charge in [-0.3, -0.25) is 4.79 Å². The van der Waals surface area contributed by atoms with E-state index in [1.807, 2.05) is 43.1 Å². The second kappa shape index (κ2) is 6.62. The van der Waals surface area contributed by atoms with Gasteiger partial charge in [0.1, 0.15) is 5.75 Å². The van der Waals surface area contributed by atoms with Crippen LogP contribution in [0.2, 0.25) is 0 Å². The van der Waals surface area contributed by atoms with Gasteiger partial charge >= 0.3 is 0 Å². The van der Waals surface area contributed by atoms with Crippen LogP contribution in [0.4, 0.5) is 0 Å².